The molecule has 0 atom stereocenters. The number of anilines is 1. The molecule has 2 N–H and O–H groups in total. The van der Waals surface area contributed by atoms with Crippen LogP contribution in [0.2, 0.25) is 0 Å². The Morgan fingerprint density at radius 1 is 1.05 bits per heavy atom. The summed E-state index contributed by atoms with van der Waals surface area (Å²) >= 11 is 0. The molecule has 4 heteroatoms. The first kappa shape index (κ1) is 11.6. The first-order valence-electron chi connectivity index (χ1n) is 6.03. The second kappa shape index (κ2) is 4.31. The smallest absolute Gasteiger partial charge is 0.339 e. The van der Waals surface area contributed by atoms with E-state index in [1.807, 2.05) is 12.1 Å². The molecule has 3 rings (SSSR count). The third-order valence-corrected chi connectivity index (χ3v) is 3.42. The number of aromatic hydroxyl groups is 1. The molecule has 2 aromatic carbocycles. The van der Waals surface area contributed by atoms with E-state index in [1.54, 1.807) is 6.07 Å². The zero-order valence-corrected chi connectivity index (χ0v) is 10.2. The van der Waals surface area contributed by atoms with Crippen LogP contribution in [0.25, 0.3) is 0 Å². The van der Waals surface area contributed by atoms with Gasteiger partial charge in [-0.05, 0) is 29.3 Å². The van der Waals surface area contributed by atoms with Gasteiger partial charge in [-0.25, -0.2) is 4.79 Å². The molecule has 1 aliphatic rings. The minimum atomic E-state index is -1.11. The van der Waals surface area contributed by atoms with Gasteiger partial charge in [-0.1, -0.05) is 24.3 Å². The lowest BCUT2D eigenvalue weighted by Crippen LogP contribution is -2.15. The first-order valence-corrected chi connectivity index (χ1v) is 6.03. The van der Waals surface area contributed by atoms with Crippen LogP contribution in [0.5, 0.6) is 5.75 Å². The van der Waals surface area contributed by atoms with Crippen LogP contribution < -0.4 is 4.90 Å². The maximum atomic E-state index is 11.0. The minimum Gasteiger partial charge on any atom is -0.507 e. The van der Waals surface area contributed by atoms with Crippen LogP contribution in [0.1, 0.15) is 21.5 Å². The van der Waals surface area contributed by atoms with E-state index in [0.29, 0.717) is 0 Å². The second-order valence-corrected chi connectivity index (χ2v) is 4.63. The third-order valence-electron chi connectivity index (χ3n) is 3.42. The van der Waals surface area contributed by atoms with Gasteiger partial charge < -0.3 is 15.1 Å². The van der Waals surface area contributed by atoms with Gasteiger partial charge >= 0.3 is 5.97 Å². The number of carboxylic acid groups (broad SMARTS) is 1. The Balaban J connectivity index is 1.93. The summed E-state index contributed by atoms with van der Waals surface area (Å²) in [4.78, 5) is 13.1. The van der Waals surface area contributed by atoms with Gasteiger partial charge in [-0.3, -0.25) is 0 Å². The molecule has 0 aromatic heterocycles. The largest absolute Gasteiger partial charge is 0.507 e. The molecule has 1 heterocycles. The summed E-state index contributed by atoms with van der Waals surface area (Å²) in [6, 6.07) is 12.9. The molecule has 4 nitrogen and oxygen atoms in total. The lowest BCUT2D eigenvalue weighted by molar-refractivity contribution is 0.0694. The monoisotopic (exact) mass is 255 g/mol. The van der Waals surface area contributed by atoms with Crippen molar-refractivity contribution in [2.45, 2.75) is 13.1 Å². The van der Waals surface area contributed by atoms with Crippen molar-refractivity contribution in [1.82, 2.24) is 0 Å². The maximum absolute atomic E-state index is 11.0. The average molecular weight is 255 g/mol. The zero-order valence-electron chi connectivity index (χ0n) is 10.2. The molecule has 1 aliphatic heterocycles. The van der Waals surface area contributed by atoms with Gasteiger partial charge in [0.15, 0.2) is 0 Å². The normalized spacial score (nSPS) is 13.4. The Labute approximate surface area is 110 Å². The Kier molecular flexibility index (Phi) is 2.63. The SMILES string of the molecule is O=C(O)c1cc(N2Cc3ccccc3C2)ccc1O. The standard InChI is InChI=1S/C15H13NO3/c17-14-6-5-12(7-13(14)15(18)19)16-8-10-3-1-2-4-11(10)9-16/h1-7,17H,8-9H2,(H,18,19). The van der Waals surface area contributed by atoms with E-state index >= 15 is 0 Å². The number of hydrogen-bond donors (Lipinski definition) is 2. The summed E-state index contributed by atoms with van der Waals surface area (Å²) in [7, 11) is 0. The number of carboxylic acids is 1. The molecule has 0 unspecified atom stereocenters. The predicted octanol–water partition coefficient (Wildman–Crippen LogP) is 2.61. The molecular formula is C15H13NO3. The highest BCUT2D eigenvalue weighted by Crippen LogP contribution is 2.30. The van der Waals surface area contributed by atoms with E-state index < -0.39 is 5.97 Å². The van der Waals surface area contributed by atoms with Crippen LogP contribution in [-0.4, -0.2) is 16.2 Å². The molecule has 96 valence electrons. The van der Waals surface area contributed by atoms with Crippen LogP contribution in [0, 0.1) is 0 Å². The molecule has 19 heavy (non-hydrogen) atoms. The van der Waals surface area contributed by atoms with Crippen molar-refractivity contribution in [1.29, 1.82) is 0 Å². The quantitative estimate of drug-likeness (QED) is 0.866. The number of hydrogen-bond acceptors (Lipinski definition) is 3. The van der Waals surface area contributed by atoms with Crippen LogP contribution in [0.4, 0.5) is 5.69 Å². The highest BCUT2D eigenvalue weighted by atomic mass is 16.4. The van der Waals surface area contributed by atoms with Gasteiger partial charge in [-0.15, -0.1) is 0 Å². The van der Waals surface area contributed by atoms with Crippen LogP contribution in [0.3, 0.4) is 0 Å². The molecule has 0 spiro atoms. The molecule has 0 aliphatic carbocycles. The summed E-state index contributed by atoms with van der Waals surface area (Å²) in [6.07, 6.45) is 0. The molecule has 0 bridgehead atoms. The number of fused-ring (bicyclic) bond motifs is 1. The molecule has 0 saturated carbocycles. The van der Waals surface area contributed by atoms with Crippen molar-refractivity contribution in [2.24, 2.45) is 0 Å². The van der Waals surface area contributed by atoms with Crippen LogP contribution in [-0.2, 0) is 13.1 Å². The highest BCUT2D eigenvalue weighted by Gasteiger charge is 2.20. The Morgan fingerprint density at radius 3 is 2.26 bits per heavy atom. The third kappa shape index (κ3) is 2.01. The Hall–Kier alpha value is -2.49. The van der Waals surface area contributed by atoms with Crippen molar-refractivity contribution < 1.29 is 15.0 Å². The molecule has 2 aromatic rings. The van der Waals surface area contributed by atoms with Gasteiger partial charge in [0.25, 0.3) is 0 Å². The lowest BCUT2D eigenvalue weighted by atomic mass is 10.1. The van der Waals surface area contributed by atoms with Gasteiger partial charge in [0.05, 0.1) is 0 Å². The summed E-state index contributed by atoms with van der Waals surface area (Å²) in [5.74, 6) is -1.32. The second-order valence-electron chi connectivity index (χ2n) is 4.63. The lowest BCUT2D eigenvalue weighted by Gasteiger charge is -2.18. The summed E-state index contributed by atoms with van der Waals surface area (Å²) < 4.78 is 0. The fraction of sp³-hybridized carbons (Fsp3) is 0.133. The fourth-order valence-corrected chi connectivity index (χ4v) is 2.41. The Bertz CT molecular complexity index is 627. The topological polar surface area (TPSA) is 60.8 Å². The van der Waals surface area contributed by atoms with E-state index in [1.165, 1.54) is 23.3 Å². The van der Waals surface area contributed by atoms with Crippen molar-refractivity contribution in [2.75, 3.05) is 4.90 Å². The van der Waals surface area contributed by atoms with Crippen molar-refractivity contribution in [3.05, 3.63) is 59.2 Å². The van der Waals surface area contributed by atoms with Gasteiger partial charge in [0.2, 0.25) is 0 Å². The van der Waals surface area contributed by atoms with E-state index in [4.69, 9.17) is 5.11 Å². The first-order chi connectivity index (χ1) is 9.15. The number of nitrogens with zero attached hydrogens (tertiary/aromatic N) is 1. The molecule has 0 fully saturated rings. The fourth-order valence-electron chi connectivity index (χ4n) is 2.41. The van der Waals surface area contributed by atoms with Gasteiger partial charge in [0.1, 0.15) is 11.3 Å². The maximum Gasteiger partial charge on any atom is 0.339 e. The Morgan fingerprint density at radius 2 is 1.68 bits per heavy atom. The molecule has 0 radical (unpaired) electrons. The molecular weight excluding hydrogens is 242 g/mol. The van der Waals surface area contributed by atoms with Crippen molar-refractivity contribution in [3.8, 4) is 5.75 Å². The molecule has 0 amide bonds. The predicted molar refractivity (Wildman–Crippen MR) is 71.4 cm³/mol. The van der Waals surface area contributed by atoms with E-state index in [2.05, 4.69) is 17.0 Å². The summed E-state index contributed by atoms with van der Waals surface area (Å²) in [6.45, 7) is 1.53. The summed E-state index contributed by atoms with van der Waals surface area (Å²) in [5.41, 5.74) is 3.26. The number of benzene rings is 2. The van der Waals surface area contributed by atoms with Crippen LogP contribution >= 0.6 is 0 Å². The van der Waals surface area contributed by atoms with Crippen molar-refractivity contribution in [3.63, 3.8) is 0 Å². The number of carbonyl (C=O) groups is 1. The average Bonchev–Trinajstić information content (AvgIpc) is 2.82. The number of rotatable bonds is 2. The van der Waals surface area contributed by atoms with Crippen molar-refractivity contribution >= 4 is 11.7 Å². The number of phenols is 1. The van der Waals surface area contributed by atoms with E-state index in [0.717, 1.165) is 18.8 Å². The van der Waals surface area contributed by atoms with Crippen LogP contribution in [0.15, 0.2) is 42.5 Å². The van der Waals surface area contributed by atoms with E-state index in [-0.39, 0.29) is 11.3 Å². The van der Waals surface area contributed by atoms with Gasteiger partial charge in [-0.2, -0.15) is 0 Å². The van der Waals surface area contributed by atoms with E-state index in [9.17, 15) is 9.90 Å². The summed E-state index contributed by atoms with van der Waals surface area (Å²) in [5, 5.41) is 18.6. The van der Waals surface area contributed by atoms with Gasteiger partial charge in [0, 0.05) is 18.8 Å². The molecule has 0 saturated heterocycles. The zero-order chi connectivity index (χ0) is 13.4. The minimum absolute atomic E-state index is 0.0616. The number of aromatic carboxylic acids is 1. The highest BCUT2D eigenvalue weighted by molar-refractivity contribution is 5.92.